The molecule has 0 amide bonds. The van der Waals surface area contributed by atoms with Gasteiger partial charge in [-0.1, -0.05) is 0 Å². The largest absolute Gasteiger partial charge is 0.478 e. The second-order valence-corrected chi connectivity index (χ2v) is 2.62. The fourth-order valence-electron chi connectivity index (χ4n) is 1.01. The second-order valence-electron chi connectivity index (χ2n) is 2.62. The van der Waals surface area contributed by atoms with Crippen LogP contribution in [0.1, 0.15) is 15.9 Å². The molecule has 0 fully saturated rings. The minimum atomic E-state index is -3.27. The van der Waals surface area contributed by atoms with Crippen molar-refractivity contribution in [3.8, 4) is 11.8 Å². The molecule has 7 heteroatoms. The maximum atomic E-state index is 13.0. The van der Waals surface area contributed by atoms with Crippen LogP contribution in [0.15, 0.2) is 12.1 Å². The number of rotatable bonds is 3. The summed E-state index contributed by atoms with van der Waals surface area (Å²) in [4.78, 5) is 10.6. The zero-order chi connectivity index (χ0) is 12.3. The quantitative estimate of drug-likeness (QED) is 0.863. The van der Waals surface area contributed by atoms with E-state index < -0.39 is 35.3 Å². The van der Waals surface area contributed by atoms with Crippen LogP contribution in [0, 0.1) is 17.1 Å². The van der Waals surface area contributed by atoms with Crippen molar-refractivity contribution < 1.29 is 27.8 Å². The van der Waals surface area contributed by atoms with Crippen LogP contribution in [0.3, 0.4) is 0 Å². The summed E-state index contributed by atoms with van der Waals surface area (Å²) in [5, 5.41) is 17.1. The molecule has 0 saturated heterocycles. The number of hydrogen-bond donors (Lipinski definition) is 1. The van der Waals surface area contributed by atoms with Gasteiger partial charge in [0, 0.05) is 0 Å². The Morgan fingerprint density at radius 2 is 2.12 bits per heavy atom. The summed E-state index contributed by atoms with van der Waals surface area (Å²) in [5.74, 6) is -3.66. The lowest BCUT2D eigenvalue weighted by molar-refractivity contribution is -0.0522. The van der Waals surface area contributed by atoms with Crippen LogP contribution in [-0.4, -0.2) is 17.7 Å². The van der Waals surface area contributed by atoms with Gasteiger partial charge in [0.05, 0.1) is 11.1 Å². The number of benzene rings is 1. The number of ether oxygens (including phenoxy) is 1. The fraction of sp³-hybridized carbons (Fsp3) is 0.111. The number of carbonyl (C=O) groups is 1. The number of alkyl halides is 2. The minimum absolute atomic E-state index is 0.466. The van der Waals surface area contributed by atoms with Crippen LogP contribution in [0.5, 0.6) is 5.75 Å². The summed E-state index contributed by atoms with van der Waals surface area (Å²) in [6.45, 7) is -3.27. The summed E-state index contributed by atoms with van der Waals surface area (Å²) < 4.78 is 40.4. The van der Waals surface area contributed by atoms with Crippen LogP contribution >= 0.6 is 0 Å². The molecule has 0 radical (unpaired) electrons. The molecule has 0 aliphatic carbocycles. The highest BCUT2D eigenvalue weighted by molar-refractivity contribution is 5.91. The number of carboxylic acid groups (broad SMARTS) is 1. The van der Waals surface area contributed by atoms with E-state index in [1.165, 1.54) is 6.07 Å². The van der Waals surface area contributed by atoms with E-state index in [2.05, 4.69) is 4.74 Å². The fourth-order valence-corrected chi connectivity index (χ4v) is 1.01. The molecule has 0 saturated carbocycles. The maximum Gasteiger partial charge on any atom is 0.387 e. The third kappa shape index (κ3) is 2.42. The van der Waals surface area contributed by atoms with E-state index in [9.17, 15) is 18.0 Å². The highest BCUT2D eigenvalue weighted by atomic mass is 19.3. The lowest BCUT2D eigenvalue weighted by Crippen LogP contribution is -2.07. The van der Waals surface area contributed by atoms with Crippen molar-refractivity contribution in [2.45, 2.75) is 6.61 Å². The van der Waals surface area contributed by atoms with Crippen molar-refractivity contribution in [3.63, 3.8) is 0 Å². The number of nitrogens with zero attached hydrogens (tertiary/aromatic N) is 1. The summed E-state index contributed by atoms with van der Waals surface area (Å²) in [6, 6.07) is 2.51. The van der Waals surface area contributed by atoms with Crippen LogP contribution in [-0.2, 0) is 0 Å². The van der Waals surface area contributed by atoms with Crippen LogP contribution < -0.4 is 4.74 Å². The summed E-state index contributed by atoms with van der Waals surface area (Å²) in [5.41, 5.74) is -1.06. The van der Waals surface area contributed by atoms with Gasteiger partial charge in [-0.25, -0.2) is 9.18 Å². The normalized spacial score (nSPS) is 9.94. The molecule has 0 aliphatic heterocycles. The number of nitriles is 1. The molecule has 0 aliphatic rings. The average Bonchev–Trinajstić information content (AvgIpc) is 2.19. The first-order chi connectivity index (χ1) is 7.45. The zero-order valence-corrected chi connectivity index (χ0v) is 7.58. The predicted molar refractivity (Wildman–Crippen MR) is 44.7 cm³/mol. The van der Waals surface area contributed by atoms with Crippen molar-refractivity contribution in [1.82, 2.24) is 0 Å². The zero-order valence-electron chi connectivity index (χ0n) is 7.58. The first-order valence-corrected chi connectivity index (χ1v) is 3.87. The molecular weight excluding hydrogens is 227 g/mol. The average molecular weight is 231 g/mol. The Labute approximate surface area is 87.5 Å². The molecule has 1 aromatic carbocycles. The van der Waals surface area contributed by atoms with Crippen molar-refractivity contribution in [3.05, 3.63) is 29.1 Å². The molecule has 0 heterocycles. The molecule has 4 nitrogen and oxygen atoms in total. The van der Waals surface area contributed by atoms with Crippen LogP contribution in [0.4, 0.5) is 13.2 Å². The van der Waals surface area contributed by atoms with E-state index >= 15 is 0 Å². The Bertz CT molecular complexity index is 468. The highest BCUT2D eigenvalue weighted by Crippen LogP contribution is 2.23. The van der Waals surface area contributed by atoms with Gasteiger partial charge in [-0.05, 0) is 12.1 Å². The standard InChI is InChI=1S/C9H4F3NO3/c10-6-1-4(3-13)5(8(14)15)2-7(6)16-9(11)12/h1-2,9H,(H,14,15). The smallest absolute Gasteiger partial charge is 0.387 e. The maximum absolute atomic E-state index is 13.0. The first-order valence-electron chi connectivity index (χ1n) is 3.87. The molecule has 0 unspecified atom stereocenters. The number of halogens is 3. The highest BCUT2D eigenvalue weighted by Gasteiger charge is 2.17. The molecule has 84 valence electrons. The van der Waals surface area contributed by atoms with Gasteiger partial charge in [-0.2, -0.15) is 14.0 Å². The topological polar surface area (TPSA) is 70.3 Å². The predicted octanol–water partition coefficient (Wildman–Crippen LogP) is 2.00. The summed E-state index contributed by atoms with van der Waals surface area (Å²) >= 11 is 0. The van der Waals surface area contributed by atoms with Gasteiger partial charge in [-0.15, -0.1) is 0 Å². The molecule has 1 rings (SSSR count). The molecule has 0 atom stereocenters. The van der Waals surface area contributed by atoms with Crippen molar-refractivity contribution in [2.24, 2.45) is 0 Å². The molecule has 0 spiro atoms. The molecule has 16 heavy (non-hydrogen) atoms. The van der Waals surface area contributed by atoms with Gasteiger partial charge in [0.2, 0.25) is 0 Å². The van der Waals surface area contributed by atoms with Gasteiger partial charge in [-0.3, -0.25) is 0 Å². The van der Waals surface area contributed by atoms with E-state index in [-0.39, 0.29) is 0 Å². The molecular formula is C9H4F3NO3. The Hall–Kier alpha value is -2.23. The van der Waals surface area contributed by atoms with Gasteiger partial charge >= 0.3 is 12.6 Å². The molecule has 1 aromatic rings. The lowest BCUT2D eigenvalue weighted by atomic mass is 10.1. The van der Waals surface area contributed by atoms with E-state index in [4.69, 9.17) is 10.4 Å². The van der Waals surface area contributed by atoms with E-state index in [0.717, 1.165) is 0 Å². The first kappa shape index (κ1) is 11.8. The molecule has 0 aromatic heterocycles. The Balaban J connectivity index is 3.29. The molecule has 0 bridgehead atoms. The Kier molecular flexibility index (Phi) is 3.35. The van der Waals surface area contributed by atoms with Gasteiger partial charge in [0.25, 0.3) is 0 Å². The van der Waals surface area contributed by atoms with Gasteiger partial charge in [0.15, 0.2) is 11.6 Å². The van der Waals surface area contributed by atoms with Gasteiger partial charge in [0.1, 0.15) is 6.07 Å². The van der Waals surface area contributed by atoms with Crippen LogP contribution in [0.2, 0.25) is 0 Å². The molecule has 1 N–H and O–H groups in total. The van der Waals surface area contributed by atoms with Crippen molar-refractivity contribution in [2.75, 3.05) is 0 Å². The van der Waals surface area contributed by atoms with E-state index in [1.54, 1.807) is 0 Å². The van der Waals surface area contributed by atoms with Gasteiger partial charge < -0.3 is 9.84 Å². The minimum Gasteiger partial charge on any atom is -0.478 e. The number of carboxylic acids is 1. The van der Waals surface area contributed by atoms with E-state index in [1.807, 2.05) is 0 Å². The van der Waals surface area contributed by atoms with Crippen molar-refractivity contribution in [1.29, 1.82) is 5.26 Å². The number of aromatic carboxylic acids is 1. The monoisotopic (exact) mass is 231 g/mol. The summed E-state index contributed by atoms with van der Waals surface area (Å²) in [6.07, 6.45) is 0. The van der Waals surface area contributed by atoms with Crippen LogP contribution in [0.25, 0.3) is 0 Å². The third-order valence-corrected chi connectivity index (χ3v) is 1.64. The van der Waals surface area contributed by atoms with E-state index in [0.29, 0.717) is 12.1 Å². The number of hydrogen-bond acceptors (Lipinski definition) is 3. The Morgan fingerprint density at radius 1 is 1.50 bits per heavy atom. The van der Waals surface area contributed by atoms with Crippen molar-refractivity contribution >= 4 is 5.97 Å². The SMILES string of the molecule is N#Cc1cc(F)c(OC(F)F)cc1C(=O)O. The second kappa shape index (κ2) is 4.53. The Morgan fingerprint density at radius 3 is 2.56 bits per heavy atom. The lowest BCUT2D eigenvalue weighted by Gasteiger charge is -2.07. The summed E-state index contributed by atoms with van der Waals surface area (Å²) in [7, 11) is 0. The third-order valence-electron chi connectivity index (χ3n) is 1.64.